The third-order valence-corrected chi connectivity index (χ3v) is 1.53. The number of carbonyl (C=O) groups excluding carboxylic acids is 2. The van der Waals surface area contributed by atoms with Gasteiger partial charge in [-0.1, -0.05) is 12.1 Å². The minimum Gasteiger partial charge on any atom is -0.462 e. The van der Waals surface area contributed by atoms with E-state index in [9.17, 15) is 9.59 Å². The summed E-state index contributed by atoms with van der Waals surface area (Å²) in [6, 6.07) is 6.32. The lowest BCUT2D eigenvalue weighted by molar-refractivity contribution is 0.0524. The summed E-state index contributed by atoms with van der Waals surface area (Å²) < 4.78 is 9.26. The summed E-state index contributed by atoms with van der Waals surface area (Å²) in [7, 11) is 0. The van der Waals surface area contributed by atoms with Gasteiger partial charge in [-0.3, -0.25) is 0 Å². The summed E-state index contributed by atoms with van der Waals surface area (Å²) in [5.41, 5.74) is 0.220. The molecular weight excluding hydrogens is 184 g/mol. The third kappa shape index (κ3) is 2.32. The molecule has 0 atom stereocenters. The fourth-order valence-electron chi connectivity index (χ4n) is 0.978. The standard InChI is InChI=1S/C10H9O4/c1-2-13-10(12)8-5-3-4-6-9(8)14-7-11/h3-6H,2H2,1H3. The van der Waals surface area contributed by atoms with Crippen LogP contribution in [0.15, 0.2) is 24.3 Å². The van der Waals surface area contributed by atoms with Gasteiger partial charge in [0.1, 0.15) is 11.3 Å². The lowest BCUT2D eigenvalue weighted by Crippen LogP contribution is -2.06. The molecule has 0 spiro atoms. The molecule has 0 aliphatic carbocycles. The zero-order valence-electron chi connectivity index (χ0n) is 7.65. The number of carbonyl (C=O) groups is 1. The first kappa shape index (κ1) is 10.2. The monoisotopic (exact) mass is 193 g/mol. The van der Waals surface area contributed by atoms with Crippen molar-refractivity contribution < 1.29 is 19.1 Å². The highest BCUT2D eigenvalue weighted by Crippen LogP contribution is 2.17. The molecule has 0 aromatic heterocycles. The quantitative estimate of drug-likeness (QED) is 0.676. The summed E-state index contributed by atoms with van der Waals surface area (Å²) in [6.45, 7) is 3.24. The second kappa shape index (κ2) is 5.01. The van der Waals surface area contributed by atoms with Gasteiger partial charge in [0.2, 0.25) is 0 Å². The highest BCUT2D eigenvalue weighted by molar-refractivity contribution is 5.92. The van der Waals surface area contributed by atoms with E-state index in [1.54, 1.807) is 19.1 Å². The molecule has 0 N–H and O–H groups in total. The van der Waals surface area contributed by atoms with Crippen molar-refractivity contribution in [1.29, 1.82) is 0 Å². The van der Waals surface area contributed by atoms with Gasteiger partial charge in [0, 0.05) is 0 Å². The first-order chi connectivity index (χ1) is 6.79. The van der Waals surface area contributed by atoms with Crippen LogP contribution in [0.3, 0.4) is 0 Å². The van der Waals surface area contributed by atoms with Crippen LogP contribution < -0.4 is 4.74 Å². The van der Waals surface area contributed by atoms with Crippen molar-refractivity contribution in [2.75, 3.05) is 6.61 Å². The van der Waals surface area contributed by atoms with Crippen LogP contribution in [0.25, 0.3) is 0 Å². The first-order valence-corrected chi connectivity index (χ1v) is 4.09. The Balaban J connectivity index is 2.93. The summed E-state index contributed by atoms with van der Waals surface area (Å²) in [4.78, 5) is 21.3. The lowest BCUT2D eigenvalue weighted by Gasteiger charge is -2.04. The molecule has 1 rings (SSSR count). The topological polar surface area (TPSA) is 52.6 Å². The molecule has 0 unspecified atom stereocenters. The van der Waals surface area contributed by atoms with Crippen LogP contribution in [0.2, 0.25) is 0 Å². The summed E-state index contributed by atoms with van der Waals surface area (Å²) in [5, 5.41) is 0. The highest BCUT2D eigenvalue weighted by Gasteiger charge is 2.12. The van der Waals surface area contributed by atoms with Crippen molar-refractivity contribution in [1.82, 2.24) is 0 Å². The van der Waals surface area contributed by atoms with Gasteiger partial charge in [0.25, 0.3) is 0 Å². The van der Waals surface area contributed by atoms with E-state index >= 15 is 0 Å². The number of hydrogen-bond donors (Lipinski definition) is 0. The fraction of sp³-hybridized carbons (Fsp3) is 0.200. The number of ether oxygens (including phenoxy) is 2. The minimum absolute atomic E-state index is 0.154. The number of hydrogen-bond acceptors (Lipinski definition) is 4. The maximum absolute atomic E-state index is 11.3. The average Bonchev–Trinajstić information content (AvgIpc) is 2.19. The molecule has 0 saturated carbocycles. The van der Waals surface area contributed by atoms with Gasteiger partial charge in [-0.25, -0.2) is 9.59 Å². The average molecular weight is 193 g/mol. The minimum atomic E-state index is -0.515. The molecular formula is C10H9O4. The summed E-state index contributed by atoms with van der Waals surface area (Å²) in [6.07, 6.45) is 0. The van der Waals surface area contributed by atoms with E-state index in [2.05, 4.69) is 4.74 Å². The van der Waals surface area contributed by atoms with Crippen molar-refractivity contribution in [3.63, 3.8) is 0 Å². The van der Waals surface area contributed by atoms with E-state index in [0.29, 0.717) is 0 Å². The predicted molar refractivity (Wildman–Crippen MR) is 48.7 cm³/mol. The third-order valence-electron chi connectivity index (χ3n) is 1.53. The zero-order chi connectivity index (χ0) is 10.4. The molecule has 4 heteroatoms. The van der Waals surface area contributed by atoms with E-state index < -0.39 is 5.97 Å². The highest BCUT2D eigenvalue weighted by atomic mass is 16.5. The van der Waals surface area contributed by atoms with Crippen molar-refractivity contribution in [2.24, 2.45) is 0 Å². The van der Waals surface area contributed by atoms with Gasteiger partial charge < -0.3 is 9.47 Å². The van der Waals surface area contributed by atoms with E-state index in [-0.39, 0.29) is 17.9 Å². The molecule has 0 saturated heterocycles. The Labute approximate surface area is 81.4 Å². The van der Waals surface area contributed by atoms with E-state index in [4.69, 9.17) is 4.74 Å². The van der Waals surface area contributed by atoms with Crippen molar-refractivity contribution in [3.05, 3.63) is 29.8 Å². The second-order valence-corrected chi connectivity index (χ2v) is 2.40. The lowest BCUT2D eigenvalue weighted by atomic mass is 10.2. The van der Waals surface area contributed by atoms with Gasteiger partial charge in [-0.2, -0.15) is 0 Å². The molecule has 0 heterocycles. The fourth-order valence-corrected chi connectivity index (χ4v) is 0.978. The molecule has 1 aromatic rings. The molecule has 14 heavy (non-hydrogen) atoms. The van der Waals surface area contributed by atoms with Crippen LogP contribution in [0.1, 0.15) is 17.3 Å². The molecule has 1 radical (unpaired) electrons. The van der Waals surface area contributed by atoms with Crippen LogP contribution in [0.4, 0.5) is 0 Å². The molecule has 1 aromatic carbocycles. The van der Waals surface area contributed by atoms with E-state index in [1.807, 2.05) is 0 Å². The van der Waals surface area contributed by atoms with Gasteiger partial charge in [-0.15, -0.1) is 0 Å². The molecule has 73 valence electrons. The molecule has 4 nitrogen and oxygen atoms in total. The Kier molecular flexibility index (Phi) is 3.67. The molecule has 0 amide bonds. The Hall–Kier alpha value is -1.84. The van der Waals surface area contributed by atoms with E-state index in [1.165, 1.54) is 18.6 Å². The van der Waals surface area contributed by atoms with Crippen LogP contribution in [0, 0.1) is 0 Å². The second-order valence-electron chi connectivity index (χ2n) is 2.40. The van der Waals surface area contributed by atoms with Gasteiger partial charge in [0.15, 0.2) is 0 Å². The number of para-hydroxylation sites is 1. The molecule has 0 bridgehead atoms. The molecule has 0 fully saturated rings. The van der Waals surface area contributed by atoms with Crippen LogP contribution in [-0.2, 0) is 9.53 Å². The Morgan fingerprint density at radius 3 is 2.79 bits per heavy atom. The maximum atomic E-state index is 11.3. The van der Waals surface area contributed by atoms with Gasteiger partial charge >= 0.3 is 12.4 Å². The van der Waals surface area contributed by atoms with E-state index in [0.717, 1.165) is 0 Å². The van der Waals surface area contributed by atoms with Gasteiger partial charge in [-0.05, 0) is 19.1 Å². The smallest absolute Gasteiger partial charge is 0.423 e. The normalized spacial score (nSPS) is 9.21. The van der Waals surface area contributed by atoms with Crippen molar-refractivity contribution >= 4 is 12.4 Å². The Morgan fingerprint density at radius 1 is 1.43 bits per heavy atom. The van der Waals surface area contributed by atoms with Crippen LogP contribution in [0.5, 0.6) is 5.75 Å². The van der Waals surface area contributed by atoms with Crippen molar-refractivity contribution in [2.45, 2.75) is 6.92 Å². The molecule has 0 aliphatic heterocycles. The Bertz CT molecular complexity index is 333. The number of esters is 1. The Morgan fingerprint density at radius 2 is 2.14 bits per heavy atom. The number of benzene rings is 1. The maximum Gasteiger partial charge on any atom is 0.423 e. The van der Waals surface area contributed by atoms with Crippen LogP contribution in [-0.4, -0.2) is 19.0 Å². The van der Waals surface area contributed by atoms with Crippen LogP contribution >= 0.6 is 0 Å². The molecule has 0 aliphatic rings. The van der Waals surface area contributed by atoms with Gasteiger partial charge in [0.05, 0.1) is 6.61 Å². The van der Waals surface area contributed by atoms with Crippen molar-refractivity contribution in [3.8, 4) is 5.75 Å². The SMILES string of the molecule is CCOC(=O)c1ccccc1O[C]=O. The predicted octanol–water partition coefficient (Wildman–Crippen LogP) is 1.31. The zero-order valence-corrected chi connectivity index (χ0v) is 7.65. The number of rotatable bonds is 4. The largest absolute Gasteiger partial charge is 0.462 e. The first-order valence-electron chi connectivity index (χ1n) is 4.09. The summed E-state index contributed by atoms with van der Waals surface area (Å²) in [5.74, 6) is -0.362. The summed E-state index contributed by atoms with van der Waals surface area (Å²) >= 11 is 0.